The Kier molecular flexibility index (Phi) is 8.30. The van der Waals surface area contributed by atoms with Gasteiger partial charge in [0.25, 0.3) is 0 Å². The minimum absolute atomic E-state index is 0.00712. The summed E-state index contributed by atoms with van der Waals surface area (Å²) in [4.78, 5) is 17.3. The quantitative estimate of drug-likeness (QED) is 0.432. The van der Waals surface area contributed by atoms with Crippen LogP contribution in [0.3, 0.4) is 0 Å². The third kappa shape index (κ3) is 6.06. The second-order valence-corrected chi connectivity index (χ2v) is 12.5. The van der Waals surface area contributed by atoms with E-state index in [1.165, 1.54) is 4.88 Å². The monoisotopic (exact) mass is 525 g/mol. The minimum Gasteiger partial charge on any atom is -0.352 e. The lowest BCUT2D eigenvalue weighted by molar-refractivity contribution is -0.123. The highest BCUT2D eigenvalue weighted by molar-refractivity contribution is 7.89. The Balaban J connectivity index is 1.48. The maximum atomic E-state index is 13.5. The largest absolute Gasteiger partial charge is 0.352 e. The van der Waals surface area contributed by atoms with Crippen molar-refractivity contribution < 1.29 is 13.2 Å². The topological polar surface area (TPSA) is 78.5 Å². The summed E-state index contributed by atoms with van der Waals surface area (Å²) in [5.41, 5.74) is 1.85. The predicted molar refractivity (Wildman–Crippen MR) is 146 cm³/mol. The highest BCUT2D eigenvalue weighted by atomic mass is 32.2. The standard InChI is InChI=1S/C28H35N3O3S2/c1-21-11-13-24(14-12-21)36(33,34)30-25(20-22-8-5-4-6-9-22)27(32)29-23-15-17-28(18-16-23,31(2)3)26-10-7-19-35-26/h4-14,19,23,25,30H,15-18,20H2,1-3H3,(H,29,32). The molecule has 0 spiro atoms. The van der Waals surface area contributed by atoms with Gasteiger partial charge >= 0.3 is 0 Å². The molecule has 1 aliphatic carbocycles. The van der Waals surface area contributed by atoms with E-state index in [-0.39, 0.29) is 28.8 Å². The number of aryl methyl sites for hydroxylation is 1. The summed E-state index contributed by atoms with van der Waals surface area (Å²) in [6.07, 6.45) is 3.82. The number of amides is 1. The van der Waals surface area contributed by atoms with Crippen LogP contribution < -0.4 is 10.0 Å². The number of rotatable bonds is 9. The van der Waals surface area contributed by atoms with Gasteiger partial charge in [-0.05, 0) is 82.3 Å². The Morgan fingerprint density at radius 3 is 2.28 bits per heavy atom. The summed E-state index contributed by atoms with van der Waals surface area (Å²) in [5, 5.41) is 5.28. The van der Waals surface area contributed by atoms with Crippen molar-refractivity contribution in [3.63, 3.8) is 0 Å². The smallest absolute Gasteiger partial charge is 0.241 e. The van der Waals surface area contributed by atoms with Crippen molar-refractivity contribution in [2.75, 3.05) is 14.1 Å². The Morgan fingerprint density at radius 2 is 1.69 bits per heavy atom. The second kappa shape index (κ2) is 11.3. The fourth-order valence-corrected chi connectivity index (χ4v) is 7.27. The van der Waals surface area contributed by atoms with Gasteiger partial charge in [-0.2, -0.15) is 4.72 Å². The molecule has 0 aliphatic heterocycles. The van der Waals surface area contributed by atoms with E-state index in [1.54, 1.807) is 35.6 Å². The number of carbonyl (C=O) groups excluding carboxylic acids is 1. The van der Waals surface area contributed by atoms with Crippen molar-refractivity contribution in [3.05, 3.63) is 88.1 Å². The summed E-state index contributed by atoms with van der Waals surface area (Å²) in [5.74, 6) is -0.284. The number of thiophene rings is 1. The van der Waals surface area contributed by atoms with E-state index in [0.717, 1.165) is 36.8 Å². The van der Waals surface area contributed by atoms with E-state index in [0.29, 0.717) is 0 Å². The lowest BCUT2D eigenvalue weighted by Gasteiger charge is -2.44. The van der Waals surface area contributed by atoms with Crippen LogP contribution in [0.25, 0.3) is 0 Å². The average molecular weight is 526 g/mol. The first kappa shape index (κ1) is 26.5. The van der Waals surface area contributed by atoms with Gasteiger partial charge < -0.3 is 5.32 Å². The zero-order chi connectivity index (χ0) is 25.8. The normalized spacial score (nSPS) is 21.3. The fourth-order valence-electron chi connectivity index (χ4n) is 5.01. The van der Waals surface area contributed by atoms with Crippen molar-refractivity contribution in [2.24, 2.45) is 0 Å². The molecule has 2 N–H and O–H groups in total. The van der Waals surface area contributed by atoms with E-state index in [4.69, 9.17) is 0 Å². The summed E-state index contributed by atoms with van der Waals surface area (Å²) >= 11 is 1.78. The van der Waals surface area contributed by atoms with Gasteiger partial charge in [-0.25, -0.2) is 8.42 Å². The summed E-state index contributed by atoms with van der Waals surface area (Å²) < 4.78 is 29.0. The molecular formula is C28H35N3O3S2. The Hall–Kier alpha value is -2.52. The van der Waals surface area contributed by atoms with Gasteiger partial charge in [-0.3, -0.25) is 9.69 Å². The first-order chi connectivity index (χ1) is 17.2. The Morgan fingerprint density at radius 1 is 1.03 bits per heavy atom. The Bertz CT molecular complexity index is 1230. The first-order valence-corrected chi connectivity index (χ1v) is 14.7. The van der Waals surface area contributed by atoms with Crippen LogP contribution >= 0.6 is 11.3 Å². The molecule has 1 unspecified atom stereocenters. The van der Waals surface area contributed by atoms with Crippen LogP contribution in [0.5, 0.6) is 0 Å². The van der Waals surface area contributed by atoms with E-state index < -0.39 is 16.1 Å². The van der Waals surface area contributed by atoms with Crippen molar-refractivity contribution in [1.29, 1.82) is 0 Å². The zero-order valence-electron chi connectivity index (χ0n) is 21.1. The Labute approximate surface area is 218 Å². The summed E-state index contributed by atoms with van der Waals surface area (Å²) in [6.45, 7) is 1.91. The maximum Gasteiger partial charge on any atom is 0.241 e. The number of nitrogens with one attached hydrogen (secondary N) is 2. The zero-order valence-corrected chi connectivity index (χ0v) is 22.7. The fraction of sp³-hybridized carbons (Fsp3) is 0.393. The molecule has 4 rings (SSSR count). The molecule has 1 saturated carbocycles. The lowest BCUT2D eigenvalue weighted by atomic mass is 9.77. The number of nitrogens with zero attached hydrogens (tertiary/aromatic N) is 1. The van der Waals surface area contributed by atoms with Gasteiger partial charge in [0.15, 0.2) is 0 Å². The van der Waals surface area contributed by atoms with Crippen LogP contribution in [0.2, 0.25) is 0 Å². The van der Waals surface area contributed by atoms with Gasteiger partial charge in [0.2, 0.25) is 15.9 Å². The van der Waals surface area contributed by atoms with Crippen molar-refractivity contribution in [1.82, 2.24) is 14.9 Å². The van der Waals surface area contributed by atoms with E-state index >= 15 is 0 Å². The molecule has 36 heavy (non-hydrogen) atoms. The molecular weight excluding hydrogens is 490 g/mol. The van der Waals surface area contributed by atoms with Crippen LogP contribution in [-0.2, 0) is 26.8 Å². The number of hydrogen-bond acceptors (Lipinski definition) is 5. The molecule has 0 radical (unpaired) electrons. The van der Waals surface area contributed by atoms with Crippen LogP contribution in [0.4, 0.5) is 0 Å². The molecule has 2 aromatic carbocycles. The maximum absolute atomic E-state index is 13.5. The van der Waals surface area contributed by atoms with Crippen LogP contribution in [0, 0.1) is 6.92 Å². The molecule has 0 bridgehead atoms. The molecule has 192 valence electrons. The first-order valence-electron chi connectivity index (χ1n) is 12.3. The van der Waals surface area contributed by atoms with Gasteiger partial charge in [0.05, 0.1) is 10.4 Å². The van der Waals surface area contributed by atoms with E-state index in [1.807, 2.05) is 37.3 Å². The van der Waals surface area contributed by atoms with Crippen molar-refractivity contribution >= 4 is 27.3 Å². The number of carbonyl (C=O) groups is 1. The van der Waals surface area contributed by atoms with E-state index in [9.17, 15) is 13.2 Å². The second-order valence-electron chi connectivity index (χ2n) is 9.86. The number of sulfonamides is 1. The van der Waals surface area contributed by atoms with Crippen LogP contribution in [-0.4, -0.2) is 45.4 Å². The van der Waals surface area contributed by atoms with Crippen LogP contribution in [0.1, 0.15) is 41.7 Å². The highest BCUT2D eigenvalue weighted by Gasteiger charge is 2.40. The number of benzene rings is 2. The molecule has 1 aromatic heterocycles. The van der Waals surface area contributed by atoms with Gasteiger partial charge in [0, 0.05) is 10.9 Å². The molecule has 6 nitrogen and oxygen atoms in total. The number of hydrogen-bond donors (Lipinski definition) is 2. The van der Waals surface area contributed by atoms with E-state index in [2.05, 4.69) is 46.5 Å². The van der Waals surface area contributed by atoms with Crippen molar-refractivity contribution in [3.8, 4) is 0 Å². The van der Waals surface area contributed by atoms with Gasteiger partial charge in [0.1, 0.15) is 6.04 Å². The van der Waals surface area contributed by atoms with Gasteiger partial charge in [-0.1, -0.05) is 54.1 Å². The lowest BCUT2D eigenvalue weighted by Crippen LogP contribution is -2.53. The predicted octanol–water partition coefficient (Wildman–Crippen LogP) is 4.46. The third-order valence-corrected chi connectivity index (χ3v) is 9.77. The summed E-state index contributed by atoms with van der Waals surface area (Å²) in [7, 11) is 0.381. The molecule has 0 saturated heterocycles. The molecule has 1 amide bonds. The van der Waals surface area contributed by atoms with Crippen LogP contribution in [0.15, 0.2) is 77.0 Å². The molecule has 1 atom stereocenters. The molecule has 1 fully saturated rings. The highest BCUT2D eigenvalue weighted by Crippen LogP contribution is 2.43. The summed E-state index contributed by atoms with van der Waals surface area (Å²) in [6, 6.07) is 19.6. The SMILES string of the molecule is Cc1ccc(S(=O)(=O)NC(Cc2ccccc2)C(=O)NC2CCC(c3cccs3)(N(C)C)CC2)cc1. The molecule has 3 aromatic rings. The minimum atomic E-state index is -3.86. The average Bonchev–Trinajstić information content (AvgIpc) is 3.40. The molecule has 1 aliphatic rings. The van der Waals surface area contributed by atoms with Gasteiger partial charge in [-0.15, -0.1) is 11.3 Å². The third-order valence-electron chi connectivity index (χ3n) is 7.22. The molecule has 8 heteroatoms. The molecule has 1 heterocycles. The van der Waals surface area contributed by atoms with Crippen molar-refractivity contribution in [2.45, 2.75) is 61.5 Å².